The van der Waals surface area contributed by atoms with Gasteiger partial charge in [-0.1, -0.05) is 18.2 Å². The molecule has 0 bridgehead atoms. The molecule has 98 valence electrons. The molecule has 0 atom stereocenters. The number of non-ortho nitro benzene ring substituents is 1. The maximum Gasteiger partial charge on any atom is 0.270 e. The summed E-state index contributed by atoms with van der Waals surface area (Å²) in [5.41, 5.74) is 1.51. The van der Waals surface area contributed by atoms with Crippen LogP contribution in [-0.4, -0.2) is 20.4 Å². The Bertz CT molecular complexity index is 823. The van der Waals surface area contributed by atoms with Crippen LogP contribution in [0.5, 0.6) is 0 Å². The molecule has 0 fully saturated rings. The molecular weight excluding hydrogens is 258 g/mol. The number of para-hydroxylation sites is 2. The van der Waals surface area contributed by atoms with Gasteiger partial charge in [0.2, 0.25) is 0 Å². The third kappa shape index (κ3) is 1.93. The number of imidazole rings is 1. The van der Waals surface area contributed by atoms with Gasteiger partial charge in [0.1, 0.15) is 6.33 Å². The van der Waals surface area contributed by atoms with Crippen LogP contribution >= 0.6 is 0 Å². The molecule has 0 unspecified atom stereocenters. The number of nitrogens with zero attached hydrogens (tertiary/aromatic N) is 3. The van der Waals surface area contributed by atoms with Crippen molar-refractivity contribution in [1.29, 1.82) is 0 Å². The van der Waals surface area contributed by atoms with Crippen LogP contribution in [0.3, 0.4) is 0 Å². The van der Waals surface area contributed by atoms with Crippen LogP contribution in [0.2, 0.25) is 0 Å². The first kappa shape index (κ1) is 12.0. The van der Waals surface area contributed by atoms with Gasteiger partial charge in [-0.3, -0.25) is 19.5 Å². The molecule has 3 rings (SSSR count). The van der Waals surface area contributed by atoms with Crippen molar-refractivity contribution in [2.45, 2.75) is 0 Å². The highest BCUT2D eigenvalue weighted by Gasteiger charge is 2.15. The first-order chi connectivity index (χ1) is 9.66. The van der Waals surface area contributed by atoms with Gasteiger partial charge in [0.05, 0.1) is 16.0 Å². The van der Waals surface area contributed by atoms with E-state index in [1.165, 1.54) is 29.1 Å². The van der Waals surface area contributed by atoms with Crippen molar-refractivity contribution in [1.82, 2.24) is 9.55 Å². The topological polar surface area (TPSA) is 78.0 Å². The second-order valence-electron chi connectivity index (χ2n) is 4.22. The van der Waals surface area contributed by atoms with Gasteiger partial charge in [-0.05, 0) is 18.2 Å². The lowest BCUT2D eigenvalue weighted by atomic mass is 10.2. The summed E-state index contributed by atoms with van der Waals surface area (Å²) in [6.45, 7) is 0. The predicted molar refractivity (Wildman–Crippen MR) is 72.6 cm³/mol. The number of hydrogen-bond donors (Lipinski definition) is 0. The highest BCUT2D eigenvalue weighted by Crippen LogP contribution is 2.17. The van der Waals surface area contributed by atoms with E-state index >= 15 is 0 Å². The Balaban J connectivity index is 2.08. The van der Waals surface area contributed by atoms with E-state index in [4.69, 9.17) is 0 Å². The summed E-state index contributed by atoms with van der Waals surface area (Å²) in [5, 5.41) is 10.7. The highest BCUT2D eigenvalue weighted by molar-refractivity contribution is 6.01. The molecular formula is C14H9N3O3. The van der Waals surface area contributed by atoms with Crippen molar-refractivity contribution >= 4 is 22.6 Å². The molecule has 6 nitrogen and oxygen atoms in total. The molecule has 1 heterocycles. The smallest absolute Gasteiger partial charge is 0.268 e. The minimum atomic E-state index is -0.525. The summed E-state index contributed by atoms with van der Waals surface area (Å²) in [6.07, 6.45) is 1.42. The van der Waals surface area contributed by atoms with Crippen molar-refractivity contribution in [3.8, 4) is 0 Å². The lowest BCUT2D eigenvalue weighted by Crippen LogP contribution is -2.10. The molecule has 1 aromatic heterocycles. The molecule has 0 aliphatic heterocycles. The van der Waals surface area contributed by atoms with E-state index in [-0.39, 0.29) is 17.2 Å². The molecule has 6 heteroatoms. The maximum atomic E-state index is 12.4. The average Bonchev–Trinajstić information content (AvgIpc) is 2.90. The van der Waals surface area contributed by atoms with E-state index in [2.05, 4.69) is 4.98 Å². The number of aromatic nitrogens is 2. The molecule has 0 saturated heterocycles. The van der Waals surface area contributed by atoms with Crippen molar-refractivity contribution < 1.29 is 9.72 Å². The quantitative estimate of drug-likeness (QED) is 0.528. The zero-order valence-corrected chi connectivity index (χ0v) is 10.3. The minimum Gasteiger partial charge on any atom is -0.268 e. The zero-order chi connectivity index (χ0) is 14.1. The van der Waals surface area contributed by atoms with Gasteiger partial charge in [-0.25, -0.2) is 4.98 Å². The van der Waals surface area contributed by atoms with Gasteiger partial charge in [0, 0.05) is 17.7 Å². The molecule has 20 heavy (non-hydrogen) atoms. The number of rotatable bonds is 2. The molecule has 3 aromatic rings. The third-order valence-electron chi connectivity index (χ3n) is 2.98. The first-order valence-corrected chi connectivity index (χ1v) is 5.88. The Morgan fingerprint density at radius 3 is 2.75 bits per heavy atom. The van der Waals surface area contributed by atoms with Crippen LogP contribution in [0.15, 0.2) is 54.9 Å². The summed E-state index contributed by atoms with van der Waals surface area (Å²) < 4.78 is 1.38. The van der Waals surface area contributed by atoms with Crippen LogP contribution in [0.25, 0.3) is 11.0 Å². The van der Waals surface area contributed by atoms with Gasteiger partial charge in [-0.2, -0.15) is 0 Å². The first-order valence-electron chi connectivity index (χ1n) is 5.88. The third-order valence-corrected chi connectivity index (χ3v) is 2.98. The van der Waals surface area contributed by atoms with Gasteiger partial charge < -0.3 is 0 Å². The lowest BCUT2D eigenvalue weighted by molar-refractivity contribution is -0.384. The SMILES string of the molecule is O=C(c1cccc([N+](=O)[O-])c1)n1cnc2ccccc21. The van der Waals surface area contributed by atoms with E-state index in [0.29, 0.717) is 11.0 Å². The average molecular weight is 267 g/mol. The van der Waals surface area contributed by atoms with Crippen molar-refractivity contribution in [3.05, 3.63) is 70.5 Å². The summed E-state index contributed by atoms with van der Waals surface area (Å²) in [5.74, 6) is -0.345. The molecule has 0 amide bonds. The van der Waals surface area contributed by atoms with E-state index in [0.717, 1.165) is 0 Å². The van der Waals surface area contributed by atoms with Crippen molar-refractivity contribution in [3.63, 3.8) is 0 Å². The summed E-state index contributed by atoms with van der Waals surface area (Å²) in [7, 11) is 0. The van der Waals surface area contributed by atoms with Crippen LogP contribution in [0.1, 0.15) is 10.4 Å². The van der Waals surface area contributed by atoms with Gasteiger partial charge in [0.15, 0.2) is 0 Å². The number of carbonyl (C=O) groups is 1. The fourth-order valence-corrected chi connectivity index (χ4v) is 2.01. The Hall–Kier alpha value is -3.02. The van der Waals surface area contributed by atoms with E-state index in [1.54, 1.807) is 24.3 Å². The number of hydrogen-bond acceptors (Lipinski definition) is 4. The van der Waals surface area contributed by atoms with Gasteiger partial charge in [0.25, 0.3) is 11.6 Å². The van der Waals surface area contributed by atoms with Gasteiger partial charge >= 0.3 is 0 Å². The van der Waals surface area contributed by atoms with Crippen LogP contribution < -0.4 is 0 Å². The second kappa shape index (κ2) is 4.58. The Morgan fingerprint density at radius 1 is 1.15 bits per heavy atom. The normalized spacial score (nSPS) is 10.6. The molecule has 2 aromatic carbocycles. The largest absolute Gasteiger partial charge is 0.270 e. The fraction of sp³-hybridized carbons (Fsp3) is 0. The summed E-state index contributed by atoms with van der Waals surface area (Å²) >= 11 is 0. The minimum absolute atomic E-state index is 0.111. The van der Waals surface area contributed by atoms with Crippen LogP contribution in [-0.2, 0) is 0 Å². The highest BCUT2D eigenvalue weighted by atomic mass is 16.6. The van der Waals surface area contributed by atoms with E-state index in [1.807, 2.05) is 6.07 Å². The molecule has 0 spiro atoms. The standard InChI is InChI=1S/C14H9N3O3/c18-14(10-4-3-5-11(8-10)17(19)20)16-9-15-12-6-1-2-7-13(12)16/h1-9H. The Morgan fingerprint density at radius 2 is 1.95 bits per heavy atom. The van der Waals surface area contributed by atoms with E-state index < -0.39 is 4.92 Å². The van der Waals surface area contributed by atoms with E-state index in [9.17, 15) is 14.9 Å². The van der Waals surface area contributed by atoms with Gasteiger partial charge in [-0.15, -0.1) is 0 Å². The number of fused-ring (bicyclic) bond motifs is 1. The zero-order valence-electron chi connectivity index (χ0n) is 10.3. The number of benzene rings is 2. The summed E-state index contributed by atoms with van der Waals surface area (Å²) in [4.78, 5) is 26.8. The molecule has 0 aliphatic rings. The van der Waals surface area contributed by atoms with Crippen molar-refractivity contribution in [2.75, 3.05) is 0 Å². The van der Waals surface area contributed by atoms with Crippen molar-refractivity contribution in [2.24, 2.45) is 0 Å². The predicted octanol–water partition coefficient (Wildman–Crippen LogP) is 2.63. The fourth-order valence-electron chi connectivity index (χ4n) is 2.01. The van der Waals surface area contributed by atoms with Crippen LogP contribution in [0, 0.1) is 10.1 Å². The molecule has 0 saturated carbocycles. The number of carbonyl (C=O) groups excluding carboxylic acids is 1. The second-order valence-corrected chi connectivity index (χ2v) is 4.22. The summed E-state index contributed by atoms with van der Waals surface area (Å²) in [6, 6.07) is 12.9. The number of nitro benzene ring substituents is 1. The molecule has 0 N–H and O–H groups in total. The monoisotopic (exact) mass is 267 g/mol. The Kier molecular flexibility index (Phi) is 2.76. The van der Waals surface area contributed by atoms with Crippen LogP contribution in [0.4, 0.5) is 5.69 Å². The molecule has 0 radical (unpaired) electrons. The Labute approximate surface area is 113 Å². The lowest BCUT2D eigenvalue weighted by Gasteiger charge is -2.03. The number of nitro groups is 1. The molecule has 0 aliphatic carbocycles. The maximum absolute atomic E-state index is 12.4.